The molecule has 0 saturated heterocycles. The molecule has 1 heterocycles. The van der Waals surface area contributed by atoms with Gasteiger partial charge in [0.15, 0.2) is 0 Å². The molecule has 6 heteroatoms. The minimum Gasteiger partial charge on any atom is -0.244 e. The fourth-order valence-electron chi connectivity index (χ4n) is 2.39. The lowest BCUT2D eigenvalue weighted by Gasteiger charge is -2.32. The van der Waals surface area contributed by atoms with Crippen LogP contribution in [0.3, 0.4) is 0 Å². The zero-order valence-corrected chi connectivity index (χ0v) is 13.4. The van der Waals surface area contributed by atoms with Crippen LogP contribution in [0.5, 0.6) is 0 Å². The zero-order valence-electron chi connectivity index (χ0n) is 12.6. The van der Waals surface area contributed by atoms with Crippen LogP contribution in [-0.2, 0) is 10.0 Å². The number of nitriles is 1. The van der Waals surface area contributed by atoms with Gasteiger partial charge in [-0.15, -0.1) is 0 Å². The molecule has 0 unspecified atom stereocenters. The zero-order chi connectivity index (χ0) is 15.6. The number of rotatable bonds is 4. The van der Waals surface area contributed by atoms with Gasteiger partial charge in [0.05, 0.1) is 0 Å². The normalized spacial score (nSPS) is 13.0. The molecule has 1 N–H and O–H groups in total. The minimum absolute atomic E-state index is 0.00886. The molecular weight excluding hydrogens is 274 g/mol. The van der Waals surface area contributed by atoms with Gasteiger partial charge in [-0.25, -0.2) is 18.1 Å². The van der Waals surface area contributed by atoms with Crippen LogP contribution >= 0.6 is 0 Å². The van der Waals surface area contributed by atoms with Gasteiger partial charge >= 0.3 is 0 Å². The lowest BCUT2D eigenvalue weighted by molar-refractivity contribution is 0.269. The summed E-state index contributed by atoms with van der Waals surface area (Å²) in [6.45, 7) is 9.89. The standard InChI is InChI=1S/C14H21N3O2S/c1-13(2,3)10-14(4,5)17-20(18,19)12-7-6-11(8-15)16-9-12/h6-7,9,17H,10H2,1-5H3. The highest BCUT2D eigenvalue weighted by molar-refractivity contribution is 7.89. The van der Waals surface area contributed by atoms with Gasteiger partial charge in [-0.2, -0.15) is 5.26 Å². The number of nitrogens with zero attached hydrogens (tertiary/aromatic N) is 2. The Morgan fingerprint density at radius 3 is 2.25 bits per heavy atom. The second-order valence-electron chi connectivity index (χ2n) is 6.72. The van der Waals surface area contributed by atoms with E-state index in [1.54, 1.807) is 0 Å². The van der Waals surface area contributed by atoms with Gasteiger partial charge in [0.2, 0.25) is 10.0 Å². The van der Waals surface area contributed by atoms with Crippen molar-refractivity contribution in [3.05, 3.63) is 24.0 Å². The number of sulfonamides is 1. The summed E-state index contributed by atoms with van der Waals surface area (Å²) in [6.07, 6.45) is 1.90. The summed E-state index contributed by atoms with van der Waals surface area (Å²) >= 11 is 0. The Balaban J connectivity index is 2.97. The van der Waals surface area contributed by atoms with Crippen molar-refractivity contribution in [1.29, 1.82) is 5.26 Å². The molecule has 1 rings (SSSR count). The van der Waals surface area contributed by atoms with Crippen LogP contribution in [0.4, 0.5) is 0 Å². The molecule has 0 amide bonds. The first kappa shape index (κ1) is 16.6. The molecule has 1 aromatic heterocycles. The number of hydrogen-bond acceptors (Lipinski definition) is 4. The summed E-state index contributed by atoms with van der Waals surface area (Å²) < 4.78 is 27.3. The molecule has 5 nitrogen and oxygen atoms in total. The maximum absolute atomic E-state index is 12.3. The quantitative estimate of drug-likeness (QED) is 0.924. The van der Waals surface area contributed by atoms with Crippen molar-refractivity contribution in [3.63, 3.8) is 0 Å². The average Bonchev–Trinajstić information content (AvgIpc) is 2.24. The first-order valence-corrected chi connectivity index (χ1v) is 7.84. The van der Waals surface area contributed by atoms with Gasteiger partial charge in [0.1, 0.15) is 16.7 Å². The Kier molecular flexibility index (Phi) is 4.57. The molecule has 0 atom stereocenters. The predicted octanol–water partition coefficient (Wildman–Crippen LogP) is 2.45. The predicted molar refractivity (Wildman–Crippen MR) is 77.4 cm³/mol. The van der Waals surface area contributed by atoms with Gasteiger partial charge in [0.25, 0.3) is 0 Å². The van der Waals surface area contributed by atoms with Gasteiger partial charge in [-0.3, -0.25) is 0 Å². The molecule has 0 aliphatic carbocycles. The van der Waals surface area contributed by atoms with Gasteiger partial charge < -0.3 is 0 Å². The summed E-state index contributed by atoms with van der Waals surface area (Å²) in [6, 6.07) is 4.64. The SMILES string of the molecule is CC(C)(C)CC(C)(C)NS(=O)(=O)c1ccc(C#N)nc1. The third-order valence-electron chi connectivity index (χ3n) is 2.54. The third-order valence-corrected chi connectivity index (χ3v) is 4.23. The van der Waals surface area contributed by atoms with Crippen molar-refractivity contribution < 1.29 is 8.42 Å². The number of nitrogens with one attached hydrogen (secondary N) is 1. The van der Waals surface area contributed by atoms with Crippen molar-refractivity contribution in [2.75, 3.05) is 0 Å². The monoisotopic (exact) mass is 295 g/mol. The second kappa shape index (κ2) is 5.51. The Labute approximate surface area is 121 Å². The van der Waals surface area contributed by atoms with Gasteiger partial charge in [-0.1, -0.05) is 20.8 Å². The first-order valence-electron chi connectivity index (χ1n) is 6.35. The molecular formula is C14H21N3O2S. The van der Waals surface area contributed by atoms with Crippen LogP contribution in [0.2, 0.25) is 0 Å². The molecule has 0 aliphatic heterocycles. The van der Waals surface area contributed by atoms with Crippen LogP contribution in [0.25, 0.3) is 0 Å². The second-order valence-corrected chi connectivity index (χ2v) is 8.40. The van der Waals surface area contributed by atoms with Crippen molar-refractivity contribution in [2.45, 2.75) is 51.5 Å². The van der Waals surface area contributed by atoms with Crippen molar-refractivity contribution in [1.82, 2.24) is 9.71 Å². The van der Waals surface area contributed by atoms with E-state index in [0.29, 0.717) is 6.42 Å². The van der Waals surface area contributed by atoms with E-state index in [-0.39, 0.29) is 16.0 Å². The molecule has 0 spiro atoms. The Morgan fingerprint density at radius 2 is 1.85 bits per heavy atom. The van der Waals surface area contributed by atoms with E-state index in [9.17, 15) is 8.42 Å². The van der Waals surface area contributed by atoms with E-state index in [1.807, 2.05) is 19.9 Å². The van der Waals surface area contributed by atoms with Crippen LogP contribution in [0, 0.1) is 16.7 Å². The molecule has 0 radical (unpaired) electrons. The smallest absolute Gasteiger partial charge is 0.242 e. The lowest BCUT2D eigenvalue weighted by atomic mass is 9.82. The molecule has 20 heavy (non-hydrogen) atoms. The Bertz CT molecular complexity index is 605. The van der Waals surface area contributed by atoms with Crippen LogP contribution in [-0.4, -0.2) is 18.9 Å². The summed E-state index contributed by atoms with van der Waals surface area (Å²) in [5.41, 5.74) is -0.363. The summed E-state index contributed by atoms with van der Waals surface area (Å²) in [7, 11) is -3.64. The first-order chi connectivity index (χ1) is 8.95. The Hall–Kier alpha value is -1.45. The highest BCUT2D eigenvalue weighted by atomic mass is 32.2. The molecule has 0 aromatic carbocycles. The molecule has 0 fully saturated rings. The minimum atomic E-state index is -3.64. The third kappa shape index (κ3) is 4.91. The van der Waals surface area contributed by atoms with Crippen LogP contribution < -0.4 is 4.72 Å². The molecule has 0 aliphatic rings. The summed E-state index contributed by atoms with van der Waals surface area (Å²) in [4.78, 5) is 3.86. The molecule has 1 aromatic rings. The van der Waals surface area contributed by atoms with Crippen LogP contribution in [0.15, 0.2) is 23.2 Å². The molecule has 0 bridgehead atoms. The van der Waals surface area contributed by atoms with E-state index in [4.69, 9.17) is 5.26 Å². The fraction of sp³-hybridized carbons (Fsp3) is 0.571. The summed E-state index contributed by atoms with van der Waals surface area (Å²) in [5, 5.41) is 8.67. The molecule has 0 saturated carbocycles. The maximum atomic E-state index is 12.3. The average molecular weight is 295 g/mol. The molecule has 110 valence electrons. The lowest BCUT2D eigenvalue weighted by Crippen LogP contribution is -2.45. The van der Waals surface area contributed by atoms with E-state index < -0.39 is 15.6 Å². The topological polar surface area (TPSA) is 82.9 Å². The van der Waals surface area contributed by atoms with Crippen LogP contribution in [0.1, 0.15) is 46.7 Å². The Morgan fingerprint density at radius 1 is 1.25 bits per heavy atom. The van der Waals surface area contributed by atoms with Crippen molar-refractivity contribution >= 4 is 10.0 Å². The number of hydrogen-bond donors (Lipinski definition) is 1. The van der Waals surface area contributed by atoms with E-state index in [0.717, 1.165) is 0 Å². The number of pyridine rings is 1. The fourth-order valence-corrected chi connectivity index (χ4v) is 3.75. The summed E-state index contributed by atoms with van der Waals surface area (Å²) in [5.74, 6) is 0. The largest absolute Gasteiger partial charge is 0.244 e. The van der Waals surface area contributed by atoms with Gasteiger partial charge in [-0.05, 0) is 37.8 Å². The maximum Gasteiger partial charge on any atom is 0.242 e. The van der Waals surface area contributed by atoms with E-state index >= 15 is 0 Å². The highest BCUT2D eigenvalue weighted by Gasteiger charge is 2.30. The van der Waals surface area contributed by atoms with Crippen molar-refractivity contribution in [2.24, 2.45) is 5.41 Å². The van der Waals surface area contributed by atoms with E-state index in [2.05, 4.69) is 30.5 Å². The van der Waals surface area contributed by atoms with Gasteiger partial charge in [0, 0.05) is 11.7 Å². The van der Waals surface area contributed by atoms with E-state index in [1.165, 1.54) is 18.3 Å². The highest BCUT2D eigenvalue weighted by Crippen LogP contribution is 2.28. The number of aromatic nitrogens is 1. The van der Waals surface area contributed by atoms with Crippen molar-refractivity contribution in [3.8, 4) is 6.07 Å².